The summed E-state index contributed by atoms with van der Waals surface area (Å²) in [5.74, 6) is 0.0624. The van der Waals surface area contributed by atoms with Gasteiger partial charge in [0, 0.05) is 5.56 Å². The van der Waals surface area contributed by atoms with Crippen LogP contribution in [0.1, 0.15) is 41.6 Å². The molecule has 4 nitrogen and oxygen atoms in total. The normalized spacial score (nSPS) is 23.2. The second-order valence-corrected chi connectivity index (χ2v) is 5.19. The molecule has 2 atom stereocenters. The molecule has 0 spiro atoms. The molecule has 0 heterocycles. The number of carbonyl (C=O) groups is 1. The Balaban J connectivity index is 1.94. The fraction of sp³-hybridized carbons (Fsp3) is 0.533. The molecule has 0 radical (unpaired) electrons. The van der Waals surface area contributed by atoms with Gasteiger partial charge in [-0.15, -0.1) is 0 Å². The second kappa shape index (κ2) is 6.68. The maximum Gasteiger partial charge on any atom is 0.248 e. The van der Waals surface area contributed by atoms with Crippen LogP contribution in [0.5, 0.6) is 0 Å². The number of nitrogens with two attached hydrogens (primary N) is 2. The van der Waals surface area contributed by atoms with Crippen molar-refractivity contribution in [3.8, 4) is 0 Å². The lowest BCUT2D eigenvalue weighted by atomic mass is 9.86. The Bertz CT molecular complexity index is 434. The molecule has 1 aromatic rings. The molecule has 1 fully saturated rings. The van der Waals surface area contributed by atoms with E-state index < -0.39 is 5.91 Å². The van der Waals surface area contributed by atoms with Crippen molar-refractivity contribution in [2.75, 3.05) is 6.54 Å². The minimum Gasteiger partial charge on any atom is -0.373 e. The molecule has 1 aromatic carbocycles. The number of ether oxygens (including phenoxy) is 1. The molecule has 2 rings (SSSR count). The van der Waals surface area contributed by atoms with Crippen LogP contribution in [0.2, 0.25) is 0 Å². The largest absolute Gasteiger partial charge is 0.373 e. The topological polar surface area (TPSA) is 78.3 Å². The van der Waals surface area contributed by atoms with Crippen molar-refractivity contribution >= 4 is 5.91 Å². The molecule has 1 aliphatic carbocycles. The maximum atomic E-state index is 11.1. The molecule has 0 aliphatic heterocycles. The number of rotatable bonds is 5. The quantitative estimate of drug-likeness (QED) is 0.849. The molecule has 1 aliphatic rings. The molecule has 2 unspecified atom stereocenters. The Morgan fingerprint density at radius 1 is 1.32 bits per heavy atom. The van der Waals surface area contributed by atoms with E-state index in [2.05, 4.69) is 0 Å². The molecule has 19 heavy (non-hydrogen) atoms. The third kappa shape index (κ3) is 3.78. The number of hydrogen-bond acceptors (Lipinski definition) is 3. The summed E-state index contributed by atoms with van der Waals surface area (Å²) in [5.41, 5.74) is 12.6. The average molecular weight is 262 g/mol. The number of hydrogen-bond donors (Lipinski definition) is 2. The van der Waals surface area contributed by atoms with Crippen molar-refractivity contribution in [2.45, 2.75) is 38.4 Å². The Morgan fingerprint density at radius 3 is 2.84 bits per heavy atom. The van der Waals surface area contributed by atoms with Crippen LogP contribution in [0, 0.1) is 5.92 Å². The van der Waals surface area contributed by atoms with Gasteiger partial charge in [-0.05, 0) is 43.0 Å². The van der Waals surface area contributed by atoms with Crippen LogP contribution in [0.15, 0.2) is 24.3 Å². The molecule has 104 valence electrons. The van der Waals surface area contributed by atoms with E-state index in [1.165, 1.54) is 12.8 Å². The summed E-state index contributed by atoms with van der Waals surface area (Å²) in [6, 6.07) is 7.30. The van der Waals surface area contributed by atoms with E-state index in [9.17, 15) is 4.79 Å². The van der Waals surface area contributed by atoms with Gasteiger partial charge in [-0.3, -0.25) is 4.79 Å². The highest BCUT2D eigenvalue weighted by Crippen LogP contribution is 2.26. The lowest BCUT2D eigenvalue weighted by Gasteiger charge is -2.30. The van der Waals surface area contributed by atoms with Gasteiger partial charge in [0.15, 0.2) is 0 Å². The number of primary amides is 1. The summed E-state index contributed by atoms with van der Waals surface area (Å²) in [6.07, 6.45) is 4.94. The first-order valence-electron chi connectivity index (χ1n) is 6.91. The first-order chi connectivity index (χ1) is 9.20. The van der Waals surface area contributed by atoms with E-state index in [1.807, 2.05) is 12.1 Å². The summed E-state index contributed by atoms with van der Waals surface area (Å²) in [7, 11) is 0. The lowest BCUT2D eigenvalue weighted by molar-refractivity contribution is -0.0183. The van der Waals surface area contributed by atoms with Crippen molar-refractivity contribution < 1.29 is 9.53 Å². The van der Waals surface area contributed by atoms with Crippen LogP contribution in [0.4, 0.5) is 0 Å². The summed E-state index contributed by atoms with van der Waals surface area (Å²) in [5, 5.41) is 0. The van der Waals surface area contributed by atoms with Crippen LogP contribution >= 0.6 is 0 Å². The predicted octanol–water partition coefficient (Wildman–Crippen LogP) is 1.82. The number of carbonyl (C=O) groups excluding carboxylic acids is 1. The van der Waals surface area contributed by atoms with Gasteiger partial charge in [0.05, 0.1) is 12.7 Å². The molecule has 4 N–H and O–H groups in total. The first-order valence-corrected chi connectivity index (χ1v) is 6.91. The first kappa shape index (κ1) is 14.0. The zero-order valence-electron chi connectivity index (χ0n) is 11.2. The maximum absolute atomic E-state index is 11.1. The van der Waals surface area contributed by atoms with Crippen LogP contribution in [0.25, 0.3) is 0 Å². The molecule has 0 aromatic heterocycles. The molecule has 4 heteroatoms. The van der Waals surface area contributed by atoms with Gasteiger partial charge in [-0.25, -0.2) is 0 Å². The second-order valence-electron chi connectivity index (χ2n) is 5.19. The Hall–Kier alpha value is -1.39. The predicted molar refractivity (Wildman–Crippen MR) is 74.5 cm³/mol. The van der Waals surface area contributed by atoms with Gasteiger partial charge in [0.1, 0.15) is 0 Å². The zero-order valence-corrected chi connectivity index (χ0v) is 11.2. The van der Waals surface area contributed by atoms with E-state index in [0.29, 0.717) is 24.6 Å². The van der Waals surface area contributed by atoms with E-state index in [1.54, 1.807) is 12.1 Å². The Kier molecular flexibility index (Phi) is 4.93. The smallest absolute Gasteiger partial charge is 0.248 e. The van der Waals surface area contributed by atoms with Gasteiger partial charge >= 0.3 is 0 Å². The summed E-state index contributed by atoms with van der Waals surface area (Å²) in [4.78, 5) is 11.1. The third-order valence-corrected chi connectivity index (χ3v) is 3.82. The molecule has 0 saturated heterocycles. The van der Waals surface area contributed by atoms with E-state index >= 15 is 0 Å². The minimum absolute atomic E-state index is 0.246. The minimum atomic E-state index is -0.403. The molecular weight excluding hydrogens is 240 g/mol. The van der Waals surface area contributed by atoms with Crippen molar-refractivity contribution in [3.63, 3.8) is 0 Å². The van der Waals surface area contributed by atoms with Crippen LogP contribution in [-0.4, -0.2) is 18.6 Å². The van der Waals surface area contributed by atoms with Crippen molar-refractivity contribution in [1.29, 1.82) is 0 Å². The Morgan fingerprint density at radius 2 is 2.11 bits per heavy atom. The molecular formula is C15H22N2O2. The van der Waals surface area contributed by atoms with Crippen LogP contribution in [0.3, 0.4) is 0 Å². The standard InChI is InChI=1S/C15H22N2O2/c16-9-13-5-1-2-7-14(13)19-10-11-4-3-6-12(8-11)15(17)18/h3-4,6,8,13-14H,1-2,5,7,9-10,16H2,(H2,17,18). The van der Waals surface area contributed by atoms with Crippen LogP contribution < -0.4 is 11.5 Å². The van der Waals surface area contributed by atoms with Gasteiger partial charge in [0.2, 0.25) is 5.91 Å². The summed E-state index contributed by atoms with van der Waals surface area (Å²) >= 11 is 0. The molecule has 1 amide bonds. The van der Waals surface area contributed by atoms with E-state index in [0.717, 1.165) is 18.4 Å². The van der Waals surface area contributed by atoms with Crippen molar-refractivity contribution in [1.82, 2.24) is 0 Å². The lowest BCUT2D eigenvalue weighted by Crippen LogP contribution is -2.33. The third-order valence-electron chi connectivity index (χ3n) is 3.82. The fourth-order valence-electron chi connectivity index (χ4n) is 2.68. The van der Waals surface area contributed by atoms with Gasteiger partial charge in [-0.2, -0.15) is 0 Å². The van der Waals surface area contributed by atoms with E-state index in [4.69, 9.17) is 16.2 Å². The monoisotopic (exact) mass is 262 g/mol. The van der Waals surface area contributed by atoms with E-state index in [-0.39, 0.29) is 6.10 Å². The van der Waals surface area contributed by atoms with Gasteiger partial charge < -0.3 is 16.2 Å². The van der Waals surface area contributed by atoms with Crippen molar-refractivity contribution in [2.24, 2.45) is 17.4 Å². The van der Waals surface area contributed by atoms with Crippen molar-refractivity contribution in [3.05, 3.63) is 35.4 Å². The molecule has 0 bridgehead atoms. The number of benzene rings is 1. The van der Waals surface area contributed by atoms with Crippen LogP contribution in [-0.2, 0) is 11.3 Å². The zero-order chi connectivity index (χ0) is 13.7. The summed E-state index contributed by atoms with van der Waals surface area (Å²) in [6.45, 7) is 1.20. The van der Waals surface area contributed by atoms with Gasteiger partial charge in [0.25, 0.3) is 0 Å². The highest BCUT2D eigenvalue weighted by molar-refractivity contribution is 5.92. The fourth-order valence-corrected chi connectivity index (χ4v) is 2.68. The highest BCUT2D eigenvalue weighted by atomic mass is 16.5. The Labute approximate surface area is 114 Å². The molecule has 1 saturated carbocycles. The summed E-state index contributed by atoms with van der Waals surface area (Å²) < 4.78 is 5.98. The SMILES string of the molecule is NCC1CCCCC1OCc1cccc(C(N)=O)c1. The highest BCUT2D eigenvalue weighted by Gasteiger charge is 2.24. The average Bonchev–Trinajstić information content (AvgIpc) is 2.45. The number of amides is 1. The van der Waals surface area contributed by atoms with Gasteiger partial charge in [-0.1, -0.05) is 25.0 Å².